The van der Waals surface area contributed by atoms with Crippen molar-refractivity contribution in [3.8, 4) is 11.8 Å². The first-order valence-electron chi connectivity index (χ1n) is 10.7. The lowest BCUT2D eigenvalue weighted by atomic mass is 9.78. The zero-order valence-corrected chi connectivity index (χ0v) is 16.7. The van der Waals surface area contributed by atoms with E-state index in [4.69, 9.17) is 10.00 Å². The molecule has 0 spiro atoms. The van der Waals surface area contributed by atoms with Crippen LogP contribution in [0.3, 0.4) is 0 Å². The molecule has 0 aromatic heterocycles. The Labute approximate surface area is 167 Å². The maximum absolute atomic E-state index is 13.7. The lowest BCUT2D eigenvalue weighted by Gasteiger charge is -2.27. The van der Waals surface area contributed by atoms with Crippen LogP contribution >= 0.6 is 0 Å². The molecule has 150 valence electrons. The molecule has 0 heterocycles. The molecule has 0 radical (unpaired) electrons. The van der Waals surface area contributed by atoms with Crippen molar-refractivity contribution in [2.75, 3.05) is 0 Å². The molecule has 2 aliphatic carbocycles. The number of benzene rings is 1. The summed E-state index contributed by atoms with van der Waals surface area (Å²) in [6, 6.07) is 5.69. The van der Waals surface area contributed by atoms with E-state index in [1.165, 1.54) is 44.2 Å². The topological polar surface area (TPSA) is 50.1 Å². The average Bonchev–Trinajstić information content (AvgIpc) is 2.73. The summed E-state index contributed by atoms with van der Waals surface area (Å²) < 4.78 is 19.0. The van der Waals surface area contributed by atoms with Crippen LogP contribution in [0, 0.1) is 40.8 Å². The smallest absolute Gasteiger partial charge is 0.314 e. The van der Waals surface area contributed by atoms with Crippen LogP contribution < -0.4 is 4.74 Å². The minimum absolute atomic E-state index is 0.0460. The molecule has 0 saturated heterocycles. The van der Waals surface area contributed by atoms with Gasteiger partial charge in [-0.25, -0.2) is 4.39 Å². The van der Waals surface area contributed by atoms with Gasteiger partial charge in [-0.2, -0.15) is 5.26 Å². The molecular formula is C24H30FNO2. The van der Waals surface area contributed by atoms with Crippen LogP contribution in [0.1, 0.15) is 70.3 Å². The molecule has 3 nitrogen and oxygen atoms in total. The maximum Gasteiger partial charge on any atom is 0.314 e. The van der Waals surface area contributed by atoms with Crippen LogP contribution in [0.5, 0.6) is 5.75 Å². The summed E-state index contributed by atoms with van der Waals surface area (Å²) in [6.45, 7) is 2.29. The first-order valence-corrected chi connectivity index (χ1v) is 10.7. The van der Waals surface area contributed by atoms with Crippen molar-refractivity contribution in [1.29, 1.82) is 5.26 Å². The summed E-state index contributed by atoms with van der Waals surface area (Å²) in [5.41, 5.74) is -0.0460. The number of ether oxygens (including phenoxy) is 1. The molecule has 0 bridgehead atoms. The quantitative estimate of drug-likeness (QED) is 0.346. The highest BCUT2D eigenvalue weighted by Gasteiger charge is 2.27. The fraction of sp³-hybridized carbons (Fsp3) is 0.583. The first-order chi connectivity index (χ1) is 13.6. The fourth-order valence-electron chi connectivity index (χ4n) is 4.50. The second kappa shape index (κ2) is 9.87. The molecule has 4 heteroatoms. The van der Waals surface area contributed by atoms with E-state index >= 15 is 0 Å². The maximum atomic E-state index is 13.7. The van der Waals surface area contributed by atoms with Gasteiger partial charge in [0.05, 0.1) is 11.5 Å². The SMILES string of the molecule is CCC1CCC(C=CC2CCC(C(=O)Oc3ccc(C#N)c(F)c3)CC2)CC1. The predicted molar refractivity (Wildman–Crippen MR) is 107 cm³/mol. The molecule has 28 heavy (non-hydrogen) atoms. The van der Waals surface area contributed by atoms with Gasteiger partial charge in [0.15, 0.2) is 0 Å². The predicted octanol–water partition coefficient (Wildman–Crippen LogP) is 6.18. The molecule has 0 atom stereocenters. The number of carbonyl (C=O) groups excluding carboxylic acids is 1. The summed E-state index contributed by atoms with van der Waals surface area (Å²) in [5, 5.41) is 8.77. The highest BCUT2D eigenvalue weighted by Crippen LogP contribution is 2.34. The standard InChI is InChI=1S/C24H30FNO2/c1-2-17-3-5-18(6-4-17)7-8-19-9-11-20(12-10-19)24(27)28-22-14-13-21(16-26)23(25)15-22/h7-8,13-15,17-20H,2-6,9-12H2,1H3. The molecule has 3 rings (SSSR count). The van der Waals surface area contributed by atoms with Crippen LogP contribution in [-0.2, 0) is 4.79 Å². The van der Waals surface area contributed by atoms with E-state index in [2.05, 4.69) is 19.1 Å². The monoisotopic (exact) mass is 383 g/mol. The van der Waals surface area contributed by atoms with Gasteiger partial charge in [-0.05, 0) is 81.3 Å². The Balaban J connectivity index is 1.43. The van der Waals surface area contributed by atoms with Gasteiger partial charge >= 0.3 is 5.97 Å². The van der Waals surface area contributed by atoms with Gasteiger partial charge in [-0.1, -0.05) is 25.5 Å². The van der Waals surface area contributed by atoms with Crippen molar-refractivity contribution < 1.29 is 13.9 Å². The van der Waals surface area contributed by atoms with E-state index in [0.29, 0.717) is 5.92 Å². The van der Waals surface area contributed by atoms with Crippen LogP contribution in [0.4, 0.5) is 4.39 Å². The summed E-state index contributed by atoms with van der Waals surface area (Å²) in [7, 11) is 0. The molecule has 0 N–H and O–H groups in total. The minimum atomic E-state index is -0.658. The zero-order chi connectivity index (χ0) is 19.9. The van der Waals surface area contributed by atoms with Gasteiger partial charge in [-0.3, -0.25) is 4.79 Å². The highest BCUT2D eigenvalue weighted by molar-refractivity contribution is 5.75. The summed E-state index contributed by atoms with van der Waals surface area (Å²) in [4.78, 5) is 12.4. The lowest BCUT2D eigenvalue weighted by molar-refractivity contribution is -0.140. The number of esters is 1. The van der Waals surface area contributed by atoms with Crippen molar-refractivity contribution in [3.05, 3.63) is 41.7 Å². The molecule has 1 aromatic carbocycles. The number of allylic oxidation sites excluding steroid dienone is 2. The number of halogens is 1. The molecule has 0 unspecified atom stereocenters. The molecule has 0 aliphatic heterocycles. The van der Waals surface area contributed by atoms with E-state index in [1.807, 2.05) is 0 Å². The normalized spacial score (nSPS) is 28.0. The Morgan fingerprint density at radius 2 is 1.71 bits per heavy atom. The minimum Gasteiger partial charge on any atom is -0.426 e. The van der Waals surface area contributed by atoms with Crippen molar-refractivity contribution in [2.24, 2.45) is 23.7 Å². The molecule has 2 fully saturated rings. The van der Waals surface area contributed by atoms with E-state index in [-0.39, 0.29) is 23.2 Å². The zero-order valence-electron chi connectivity index (χ0n) is 16.7. The number of rotatable bonds is 5. The third kappa shape index (κ3) is 5.44. The Hall–Kier alpha value is -2.15. The van der Waals surface area contributed by atoms with Crippen LogP contribution in [0.15, 0.2) is 30.4 Å². The Morgan fingerprint density at radius 3 is 2.25 bits per heavy atom. The average molecular weight is 384 g/mol. The van der Waals surface area contributed by atoms with Crippen LogP contribution in [0.2, 0.25) is 0 Å². The summed E-state index contributed by atoms with van der Waals surface area (Å²) in [6.07, 6.45) is 15.1. The van der Waals surface area contributed by atoms with E-state index in [9.17, 15) is 9.18 Å². The second-order valence-corrected chi connectivity index (χ2v) is 8.36. The summed E-state index contributed by atoms with van der Waals surface area (Å²) in [5.74, 6) is 1.32. The molecule has 1 aromatic rings. The van der Waals surface area contributed by atoms with Crippen molar-refractivity contribution in [2.45, 2.75) is 64.7 Å². The van der Waals surface area contributed by atoms with E-state index in [0.717, 1.165) is 43.6 Å². The van der Waals surface area contributed by atoms with Gasteiger partial charge in [0, 0.05) is 6.07 Å². The van der Waals surface area contributed by atoms with Crippen molar-refractivity contribution >= 4 is 5.97 Å². The Kier molecular flexibility index (Phi) is 7.25. The van der Waals surface area contributed by atoms with Crippen molar-refractivity contribution in [3.63, 3.8) is 0 Å². The fourth-order valence-corrected chi connectivity index (χ4v) is 4.50. The van der Waals surface area contributed by atoms with E-state index < -0.39 is 5.82 Å². The van der Waals surface area contributed by atoms with Gasteiger partial charge in [0.1, 0.15) is 17.6 Å². The number of hydrogen-bond acceptors (Lipinski definition) is 3. The highest BCUT2D eigenvalue weighted by atomic mass is 19.1. The molecule has 0 amide bonds. The number of hydrogen-bond donors (Lipinski definition) is 0. The molecular weight excluding hydrogens is 353 g/mol. The van der Waals surface area contributed by atoms with Crippen LogP contribution in [-0.4, -0.2) is 5.97 Å². The van der Waals surface area contributed by atoms with Crippen LogP contribution in [0.25, 0.3) is 0 Å². The largest absolute Gasteiger partial charge is 0.426 e. The second-order valence-electron chi connectivity index (χ2n) is 8.36. The van der Waals surface area contributed by atoms with Crippen molar-refractivity contribution in [1.82, 2.24) is 0 Å². The lowest BCUT2D eigenvalue weighted by Crippen LogP contribution is -2.25. The Bertz CT molecular complexity index is 735. The Morgan fingerprint density at radius 1 is 1.11 bits per heavy atom. The third-order valence-corrected chi connectivity index (χ3v) is 6.51. The number of nitriles is 1. The third-order valence-electron chi connectivity index (χ3n) is 6.51. The van der Waals surface area contributed by atoms with Gasteiger partial charge in [0.25, 0.3) is 0 Å². The number of carbonyl (C=O) groups is 1. The van der Waals surface area contributed by atoms with Gasteiger partial charge in [0.2, 0.25) is 0 Å². The van der Waals surface area contributed by atoms with Gasteiger partial charge < -0.3 is 4.74 Å². The molecule has 2 saturated carbocycles. The van der Waals surface area contributed by atoms with E-state index in [1.54, 1.807) is 6.07 Å². The molecule has 2 aliphatic rings. The first kappa shape index (κ1) is 20.6. The van der Waals surface area contributed by atoms with Gasteiger partial charge in [-0.15, -0.1) is 0 Å². The summed E-state index contributed by atoms with van der Waals surface area (Å²) >= 11 is 0. The number of nitrogens with zero attached hydrogens (tertiary/aromatic N) is 1.